The van der Waals surface area contributed by atoms with Crippen LogP contribution in [0.15, 0.2) is 48.5 Å². The van der Waals surface area contributed by atoms with Crippen molar-refractivity contribution < 1.29 is 9.72 Å². The molecule has 128 valence electrons. The summed E-state index contributed by atoms with van der Waals surface area (Å²) in [6.07, 6.45) is 2.79. The van der Waals surface area contributed by atoms with E-state index in [0.717, 1.165) is 0 Å². The molecular formula is C16H11Cl2N3O3S. The average molecular weight is 396 g/mol. The molecule has 0 atom stereocenters. The second kappa shape index (κ2) is 8.57. The summed E-state index contributed by atoms with van der Waals surface area (Å²) < 4.78 is 0. The first-order valence-electron chi connectivity index (χ1n) is 6.85. The SMILES string of the molecule is O=C(C=Cc1ccccc1Cl)NC(=S)Nc1ccc(Cl)cc1[N+](=O)[O-]. The Morgan fingerprint density at radius 3 is 2.60 bits per heavy atom. The van der Waals surface area contributed by atoms with E-state index in [4.69, 9.17) is 35.4 Å². The van der Waals surface area contributed by atoms with E-state index >= 15 is 0 Å². The van der Waals surface area contributed by atoms with Crippen LogP contribution in [0, 0.1) is 10.1 Å². The van der Waals surface area contributed by atoms with Crippen molar-refractivity contribution in [1.82, 2.24) is 5.32 Å². The van der Waals surface area contributed by atoms with E-state index in [1.165, 1.54) is 30.4 Å². The van der Waals surface area contributed by atoms with Crippen molar-refractivity contribution in [2.24, 2.45) is 0 Å². The average Bonchev–Trinajstić information content (AvgIpc) is 2.55. The Kier molecular flexibility index (Phi) is 6.46. The van der Waals surface area contributed by atoms with Crippen LogP contribution in [0.25, 0.3) is 6.08 Å². The second-order valence-corrected chi connectivity index (χ2v) is 5.97. The van der Waals surface area contributed by atoms with Crippen LogP contribution in [0.2, 0.25) is 10.0 Å². The molecule has 0 aromatic heterocycles. The summed E-state index contributed by atoms with van der Waals surface area (Å²) in [6, 6.07) is 11.1. The van der Waals surface area contributed by atoms with E-state index in [1.54, 1.807) is 24.3 Å². The highest BCUT2D eigenvalue weighted by Crippen LogP contribution is 2.27. The number of thiocarbonyl (C=S) groups is 1. The molecule has 0 aliphatic rings. The van der Waals surface area contributed by atoms with Crippen LogP contribution >= 0.6 is 35.4 Å². The number of benzene rings is 2. The molecule has 25 heavy (non-hydrogen) atoms. The molecule has 0 aliphatic heterocycles. The van der Waals surface area contributed by atoms with Crippen LogP contribution in [0.4, 0.5) is 11.4 Å². The number of rotatable bonds is 4. The highest BCUT2D eigenvalue weighted by Gasteiger charge is 2.15. The highest BCUT2D eigenvalue weighted by atomic mass is 35.5. The van der Waals surface area contributed by atoms with Gasteiger partial charge in [-0.1, -0.05) is 41.4 Å². The predicted molar refractivity (Wildman–Crippen MR) is 103 cm³/mol. The van der Waals surface area contributed by atoms with Gasteiger partial charge in [0.2, 0.25) is 5.91 Å². The molecule has 0 aliphatic carbocycles. The van der Waals surface area contributed by atoms with Gasteiger partial charge in [0.05, 0.1) is 4.92 Å². The van der Waals surface area contributed by atoms with Crippen molar-refractivity contribution in [1.29, 1.82) is 0 Å². The van der Waals surface area contributed by atoms with Gasteiger partial charge in [-0.15, -0.1) is 0 Å². The Hall–Kier alpha value is -2.48. The van der Waals surface area contributed by atoms with Crippen LogP contribution < -0.4 is 10.6 Å². The van der Waals surface area contributed by atoms with E-state index in [2.05, 4.69) is 10.6 Å². The maximum absolute atomic E-state index is 11.9. The van der Waals surface area contributed by atoms with Crippen LogP contribution in [-0.4, -0.2) is 15.9 Å². The molecule has 9 heteroatoms. The van der Waals surface area contributed by atoms with E-state index in [1.807, 2.05) is 0 Å². The highest BCUT2D eigenvalue weighted by molar-refractivity contribution is 7.80. The van der Waals surface area contributed by atoms with Gasteiger partial charge in [0.15, 0.2) is 5.11 Å². The standard InChI is InChI=1S/C16H11Cl2N3O3S/c17-11-6-7-13(14(9-11)21(23)24)19-16(25)20-15(22)8-5-10-3-1-2-4-12(10)18/h1-9H,(H2,19,20,22,25). The van der Waals surface area contributed by atoms with Gasteiger partial charge < -0.3 is 5.32 Å². The molecule has 2 aromatic rings. The first kappa shape index (κ1) is 18.9. The largest absolute Gasteiger partial charge is 0.327 e. The third kappa shape index (κ3) is 5.53. The zero-order valence-electron chi connectivity index (χ0n) is 12.5. The van der Waals surface area contributed by atoms with Crippen LogP contribution in [0.5, 0.6) is 0 Å². The summed E-state index contributed by atoms with van der Waals surface area (Å²) in [4.78, 5) is 22.3. The smallest absolute Gasteiger partial charge is 0.294 e. The lowest BCUT2D eigenvalue weighted by Gasteiger charge is -2.08. The molecule has 2 rings (SSSR count). The number of anilines is 1. The summed E-state index contributed by atoms with van der Waals surface area (Å²) in [5.74, 6) is -0.506. The maximum Gasteiger partial charge on any atom is 0.294 e. The summed E-state index contributed by atoms with van der Waals surface area (Å²) in [6.45, 7) is 0. The summed E-state index contributed by atoms with van der Waals surface area (Å²) in [7, 11) is 0. The van der Waals surface area contributed by atoms with Gasteiger partial charge in [-0.05, 0) is 42.1 Å². The fourth-order valence-electron chi connectivity index (χ4n) is 1.84. The fourth-order valence-corrected chi connectivity index (χ4v) is 2.42. The Morgan fingerprint density at radius 1 is 1.20 bits per heavy atom. The summed E-state index contributed by atoms with van der Waals surface area (Å²) in [5, 5.41) is 16.7. The van der Waals surface area contributed by atoms with Crippen molar-refractivity contribution in [2.45, 2.75) is 0 Å². The Bertz CT molecular complexity index is 871. The summed E-state index contributed by atoms with van der Waals surface area (Å²) in [5.41, 5.74) is 0.539. The molecule has 0 bridgehead atoms. The molecule has 2 aromatic carbocycles. The molecule has 0 fully saturated rings. The van der Waals surface area contributed by atoms with Crippen molar-refractivity contribution in [2.75, 3.05) is 5.32 Å². The molecule has 1 amide bonds. The molecule has 0 spiro atoms. The second-order valence-electron chi connectivity index (χ2n) is 4.72. The lowest BCUT2D eigenvalue weighted by Crippen LogP contribution is -2.33. The lowest BCUT2D eigenvalue weighted by atomic mass is 10.2. The van der Waals surface area contributed by atoms with E-state index in [-0.39, 0.29) is 21.5 Å². The number of nitrogens with zero attached hydrogens (tertiary/aromatic N) is 1. The number of carbonyl (C=O) groups is 1. The van der Waals surface area contributed by atoms with Crippen LogP contribution in [0.3, 0.4) is 0 Å². The fraction of sp³-hybridized carbons (Fsp3) is 0. The minimum Gasteiger partial charge on any atom is -0.327 e. The zero-order valence-corrected chi connectivity index (χ0v) is 14.9. The molecule has 2 N–H and O–H groups in total. The van der Waals surface area contributed by atoms with Crippen LogP contribution in [-0.2, 0) is 4.79 Å². The van der Waals surface area contributed by atoms with Crippen LogP contribution in [0.1, 0.15) is 5.56 Å². The van der Waals surface area contributed by atoms with Crippen molar-refractivity contribution in [3.05, 3.63) is 74.3 Å². The number of amides is 1. The van der Waals surface area contributed by atoms with Gasteiger partial charge in [0.25, 0.3) is 5.69 Å². The number of halogens is 2. The van der Waals surface area contributed by atoms with Gasteiger partial charge in [-0.25, -0.2) is 0 Å². The van der Waals surface area contributed by atoms with Crippen molar-refractivity contribution in [3.63, 3.8) is 0 Å². The molecule has 6 nitrogen and oxygen atoms in total. The molecule has 0 saturated heterocycles. The number of hydrogen-bond donors (Lipinski definition) is 2. The number of nitrogens with one attached hydrogen (secondary N) is 2. The molecule has 0 saturated carbocycles. The Labute approximate surface area is 158 Å². The third-order valence-corrected chi connectivity index (χ3v) is 3.74. The van der Waals surface area contributed by atoms with Gasteiger partial charge >= 0.3 is 0 Å². The topological polar surface area (TPSA) is 84.3 Å². The molecule has 0 radical (unpaired) electrons. The first-order chi connectivity index (χ1) is 11.9. The van der Waals surface area contributed by atoms with Gasteiger partial charge in [0, 0.05) is 22.2 Å². The van der Waals surface area contributed by atoms with E-state index < -0.39 is 10.8 Å². The summed E-state index contributed by atoms with van der Waals surface area (Å²) >= 11 is 16.7. The van der Waals surface area contributed by atoms with Crippen molar-refractivity contribution in [3.8, 4) is 0 Å². The quantitative estimate of drug-likeness (QED) is 0.346. The lowest BCUT2D eigenvalue weighted by molar-refractivity contribution is -0.383. The molecular weight excluding hydrogens is 385 g/mol. The molecule has 0 heterocycles. The zero-order chi connectivity index (χ0) is 18.4. The number of carbonyl (C=O) groups excluding carboxylic acids is 1. The Balaban J connectivity index is 2.02. The van der Waals surface area contributed by atoms with E-state index in [9.17, 15) is 14.9 Å². The number of nitro groups is 1. The van der Waals surface area contributed by atoms with Gasteiger partial charge in [-0.3, -0.25) is 20.2 Å². The van der Waals surface area contributed by atoms with Crippen molar-refractivity contribution >= 4 is 63.9 Å². The number of hydrogen-bond acceptors (Lipinski definition) is 4. The van der Waals surface area contributed by atoms with E-state index in [0.29, 0.717) is 10.6 Å². The first-order valence-corrected chi connectivity index (χ1v) is 8.02. The van der Waals surface area contributed by atoms with Gasteiger partial charge in [-0.2, -0.15) is 0 Å². The number of nitro benzene ring substituents is 1. The predicted octanol–water partition coefficient (Wildman–Crippen LogP) is 4.43. The third-order valence-electron chi connectivity index (χ3n) is 2.96. The Morgan fingerprint density at radius 2 is 1.92 bits per heavy atom. The maximum atomic E-state index is 11.9. The minimum absolute atomic E-state index is 0.0840. The van der Waals surface area contributed by atoms with Gasteiger partial charge in [0.1, 0.15) is 5.69 Å². The molecule has 0 unspecified atom stereocenters. The normalized spacial score (nSPS) is 10.5. The minimum atomic E-state index is -0.601. The monoisotopic (exact) mass is 395 g/mol.